The van der Waals surface area contributed by atoms with Gasteiger partial charge in [-0.1, -0.05) is 41.4 Å². The standard InChI is InChI=1S/C17H15Cl2N3O2/c1-10-9-15(23)20-12-6-2-3-8-14(12)22(10)17(24)21-13-7-4-5-11(18)16(13)19/h2-8,10H,9H2,1H3,(H,20,23)(H,21,24)/t10-/m0/s1. The third-order valence-electron chi connectivity index (χ3n) is 3.77. The molecule has 0 unspecified atom stereocenters. The van der Waals surface area contributed by atoms with Gasteiger partial charge in [0.2, 0.25) is 5.91 Å². The van der Waals surface area contributed by atoms with E-state index < -0.39 is 0 Å². The lowest BCUT2D eigenvalue weighted by Gasteiger charge is -2.28. The minimum Gasteiger partial charge on any atom is -0.324 e. The summed E-state index contributed by atoms with van der Waals surface area (Å²) in [5, 5.41) is 6.21. The first kappa shape index (κ1) is 16.6. The average Bonchev–Trinajstić information content (AvgIpc) is 2.66. The molecule has 5 nitrogen and oxygen atoms in total. The number of urea groups is 1. The van der Waals surface area contributed by atoms with Gasteiger partial charge in [0.15, 0.2) is 0 Å². The van der Waals surface area contributed by atoms with Gasteiger partial charge in [-0.2, -0.15) is 0 Å². The van der Waals surface area contributed by atoms with Gasteiger partial charge in [-0.25, -0.2) is 4.79 Å². The number of amides is 3. The van der Waals surface area contributed by atoms with E-state index in [0.717, 1.165) is 0 Å². The third kappa shape index (κ3) is 3.18. The van der Waals surface area contributed by atoms with E-state index in [0.29, 0.717) is 22.1 Å². The van der Waals surface area contributed by atoms with Crippen LogP contribution < -0.4 is 15.5 Å². The number of anilines is 3. The van der Waals surface area contributed by atoms with Gasteiger partial charge < -0.3 is 10.6 Å². The van der Waals surface area contributed by atoms with Crippen molar-refractivity contribution in [2.24, 2.45) is 0 Å². The summed E-state index contributed by atoms with van der Waals surface area (Å²) in [5.74, 6) is -0.133. The zero-order valence-corrected chi connectivity index (χ0v) is 14.4. The van der Waals surface area contributed by atoms with E-state index in [1.165, 1.54) is 0 Å². The van der Waals surface area contributed by atoms with E-state index in [-0.39, 0.29) is 29.4 Å². The summed E-state index contributed by atoms with van der Waals surface area (Å²) >= 11 is 12.1. The minimum absolute atomic E-state index is 0.133. The first-order valence-electron chi connectivity index (χ1n) is 7.40. The molecule has 0 radical (unpaired) electrons. The van der Waals surface area contributed by atoms with Crippen LogP contribution in [0.5, 0.6) is 0 Å². The molecule has 0 fully saturated rings. The average molecular weight is 364 g/mol. The number of nitrogens with one attached hydrogen (secondary N) is 2. The molecule has 2 aromatic carbocycles. The number of para-hydroxylation sites is 2. The summed E-state index contributed by atoms with van der Waals surface area (Å²) in [6.45, 7) is 1.82. The highest BCUT2D eigenvalue weighted by Crippen LogP contribution is 2.33. The van der Waals surface area contributed by atoms with E-state index in [4.69, 9.17) is 23.2 Å². The van der Waals surface area contributed by atoms with Crippen LogP contribution in [0.2, 0.25) is 10.0 Å². The second kappa shape index (κ2) is 6.71. The molecule has 1 aliphatic heterocycles. The van der Waals surface area contributed by atoms with Crippen LogP contribution in [-0.4, -0.2) is 18.0 Å². The normalized spacial score (nSPS) is 16.9. The van der Waals surface area contributed by atoms with Crippen molar-refractivity contribution in [3.05, 3.63) is 52.5 Å². The molecule has 0 bridgehead atoms. The van der Waals surface area contributed by atoms with E-state index in [9.17, 15) is 9.59 Å². The quantitative estimate of drug-likeness (QED) is 0.766. The molecule has 124 valence electrons. The second-order valence-corrected chi connectivity index (χ2v) is 6.31. The van der Waals surface area contributed by atoms with Crippen molar-refractivity contribution < 1.29 is 9.59 Å². The highest BCUT2D eigenvalue weighted by Gasteiger charge is 2.29. The second-order valence-electron chi connectivity index (χ2n) is 5.52. The number of halogens is 2. The molecular weight excluding hydrogens is 349 g/mol. The van der Waals surface area contributed by atoms with Crippen LogP contribution in [0, 0.1) is 0 Å². The molecule has 0 aliphatic carbocycles. The fourth-order valence-electron chi connectivity index (χ4n) is 2.67. The van der Waals surface area contributed by atoms with Crippen LogP contribution in [-0.2, 0) is 4.79 Å². The number of rotatable bonds is 1. The SMILES string of the molecule is C[C@H]1CC(=O)Nc2ccccc2N1C(=O)Nc1cccc(Cl)c1Cl. The van der Waals surface area contributed by atoms with Crippen LogP contribution in [0.15, 0.2) is 42.5 Å². The summed E-state index contributed by atoms with van der Waals surface area (Å²) in [7, 11) is 0. The molecule has 3 amide bonds. The van der Waals surface area contributed by atoms with Crippen LogP contribution in [0.1, 0.15) is 13.3 Å². The van der Waals surface area contributed by atoms with Crippen LogP contribution in [0.4, 0.5) is 21.9 Å². The van der Waals surface area contributed by atoms with E-state index >= 15 is 0 Å². The van der Waals surface area contributed by atoms with Gasteiger partial charge in [0.25, 0.3) is 0 Å². The number of fused-ring (bicyclic) bond motifs is 1. The van der Waals surface area contributed by atoms with Crippen molar-refractivity contribution in [3.8, 4) is 0 Å². The molecule has 0 aromatic heterocycles. The minimum atomic E-state index is -0.379. The monoisotopic (exact) mass is 363 g/mol. The Kier molecular flexibility index (Phi) is 4.64. The Labute approximate surface area is 149 Å². The molecule has 0 saturated carbocycles. The number of hydrogen-bond donors (Lipinski definition) is 2. The van der Waals surface area contributed by atoms with Crippen molar-refractivity contribution in [2.45, 2.75) is 19.4 Å². The Morgan fingerprint density at radius 1 is 1.21 bits per heavy atom. The van der Waals surface area contributed by atoms with Crippen molar-refractivity contribution in [3.63, 3.8) is 0 Å². The topological polar surface area (TPSA) is 61.4 Å². The summed E-state index contributed by atoms with van der Waals surface area (Å²) < 4.78 is 0. The smallest absolute Gasteiger partial charge is 0.324 e. The molecule has 1 aliphatic rings. The largest absolute Gasteiger partial charge is 0.326 e. The molecule has 1 atom stereocenters. The first-order valence-corrected chi connectivity index (χ1v) is 8.16. The van der Waals surface area contributed by atoms with E-state index in [1.54, 1.807) is 41.3 Å². The van der Waals surface area contributed by atoms with Crippen molar-refractivity contribution in [1.82, 2.24) is 0 Å². The fourth-order valence-corrected chi connectivity index (χ4v) is 3.02. The number of nitrogens with zero attached hydrogens (tertiary/aromatic N) is 1. The number of carbonyl (C=O) groups excluding carboxylic acids is 2. The molecule has 0 spiro atoms. The van der Waals surface area contributed by atoms with Crippen molar-refractivity contribution >= 4 is 52.2 Å². The van der Waals surface area contributed by atoms with Gasteiger partial charge in [0, 0.05) is 12.5 Å². The predicted molar refractivity (Wildman–Crippen MR) is 97.1 cm³/mol. The maximum absolute atomic E-state index is 12.8. The number of hydrogen-bond acceptors (Lipinski definition) is 2. The third-order valence-corrected chi connectivity index (χ3v) is 4.59. The zero-order chi connectivity index (χ0) is 17.3. The predicted octanol–water partition coefficient (Wildman–Crippen LogP) is 4.76. The molecule has 3 rings (SSSR count). The summed E-state index contributed by atoms with van der Waals surface area (Å²) in [6.07, 6.45) is 0.200. The molecule has 2 N–H and O–H groups in total. The van der Waals surface area contributed by atoms with Crippen LogP contribution in [0.25, 0.3) is 0 Å². The Bertz CT molecular complexity index is 810. The van der Waals surface area contributed by atoms with Crippen LogP contribution >= 0.6 is 23.2 Å². The Balaban J connectivity index is 1.96. The van der Waals surface area contributed by atoms with Gasteiger partial charge >= 0.3 is 6.03 Å². The summed E-state index contributed by atoms with van der Waals surface area (Å²) in [6, 6.07) is 11.5. The van der Waals surface area contributed by atoms with Gasteiger partial charge in [0.1, 0.15) is 0 Å². The number of benzene rings is 2. The van der Waals surface area contributed by atoms with E-state index in [2.05, 4.69) is 10.6 Å². The van der Waals surface area contributed by atoms with Gasteiger partial charge in [-0.3, -0.25) is 9.69 Å². The molecule has 0 saturated heterocycles. The number of carbonyl (C=O) groups is 2. The zero-order valence-electron chi connectivity index (χ0n) is 12.8. The molecular formula is C17H15Cl2N3O2. The Morgan fingerprint density at radius 3 is 2.75 bits per heavy atom. The van der Waals surface area contributed by atoms with Crippen LogP contribution in [0.3, 0.4) is 0 Å². The molecule has 2 aromatic rings. The Morgan fingerprint density at radius 2 is 1.96 bits per heavy atom. The lowest BCUT2D eigenvalue weighted by Crippen LogP contribution is -2.41. The van der Waals surface area contributed by atoms with Crippen molar-refractivity contribution in [2.75, 3.05) is 15.5 Å². The molecule has 7 heteroatoms. The fraction of sp³-hybridized carbons (Fsp3) is 0.176. The van der Waals surface area contributed by atoms with Gasteiger partial charge in [-0.05, 0) is 31.2 Å². The lowest BCUT2D eigenvalue weighted by atomic mass is 10.2. The first-order chi connectivity index (χ1) is 11.5. The van der Waals surface area contributed by atoms with E-state index in [1.807, 2.05) is 13.0 Å². The Hall–Kier alpha value is -2.24. The molecule has 24 heavy (non-hydrogen) atoms. The highest BCUT2D eigenvalue weighted by atomic mass is 35.5. The lowest BCUT2D eigenvalue weighted by molar-refractivity contribution is -0.116. The van der Waals surface area contributed by atoms with Gasteiger partial charge in [-0.15, -0.1) is 0 Å². The maximum Gasteiger partial charge on any atom is 0.326 e. The van der Waals surface area contributed by atoms with Crippen molar-refractivity contribution in [1.29, 1.82) is 0 Å². The highest BCUT2D eigenvalue weighted by molar-refractivity contribution is 6.44. The molecule has 1 heterocycles. The summed E-state index contributed by atoms with van der Waals surface area (Å²) in [4.78, 5) is 26.4. The summed E-state index contributed by atoms with van der Waals surface area (Å²) in [5.41, 5.74) is 1.65. The van der Waals surface area contributed by atoms with Gasteiger partial charge in [0.05, 0.1) is 27.1 Å². The maximum atomic E-state index is 12.8.